The summed E-state index contributed by atoms with van der Waals surface area (Å²) in [7, 11) is -3.37. The number of sulfonamides is 1. The molecule has 0 aromatic rings. The van der Waals surface area contributed by atoms with Crippen LogP contribution in [-0.2, 0) is 19.6 Å². The summed E-state index contributed by atoms with van der Waals surface area (Å²) in [6.07, 6.45) is 7.86. The smallest absolute Gasteiger partial charge is 0.324 e. The molecular formula is C17H27NO4S. The fraction of sp³-hybridized carbons (Fsp3) is 0.824. The standard InChI is InChI=1S/C17H27NO4S/c1-17(2)13-8-7-12(14(17)10-13)11-22-16(19)15-6-4-5-9-18(15)23(3,20)21/h7,13-15H,4-6,8-11H2,1-3H3/t13-,14-,15+/m0/s1. The van der Waals surface area contributed by atoms with E-state index in [0.717, 1.165) is 25.2 Å². The van der Waals surface area contributed by atoms with E-state index in [1.165, 1.54) is 22.6 Å². The van der Waals surface area contributed by atoms with Crippen molar-refractivity contribution >= 4 is 16.0 Å². The van der Waals surface area contributed by atoms with Crippen molar-refractivity contribution in [1.82, 2.24) is 4.31 Å². The molecule has 0 unspecified atom stereocenters. The number of carbonyl (C=O) groups excluding carboxylic acids is 1. The zero-order valence-corrected chi connectivity index (χ0v) is 15.1. The monoisotopic (exact) mass is 341 g/mol. The zero-order valence-electron chi connectivity index (χ0n) is 14.2. The van der Waals surface area contributed by atoms with Gasteiger partial charge in [0.25, 0.3) is 0 Å². The highest BCUT2D eigenvalue weighted by molar-refractivity contribution is 7.88. The number of rotatable bonds is 4. The van der Waals surface area contributed by atoms with Gasteiger partial charge in [-0.1, -0.05) is 19.9 Å². The lowest BCUT2D eigenvalue weighted by Gasteiger charge is -2.56. The molecule has 1 saturated heterocycles. The Morgan fingerprint density at radius 1 is 1.39 bits per heavy atom. The number of allylic oxidation sites excluding steroid dienone is 1. The van der Waals surface area contributed by atoms with Gasteiger partial charge in [0.2, 0.25) is 10.0 Å². The number of hydrogen-bond donors (Lipinski definition) is 0. The molecule has 3 atom stereocenters. The molecule has 0 aromatic carbocycles. The Balaban J connectivity index is 1.62. The van der Waals surface area contributed by atoms with E-state index < -0.39 is 22.0 Å². The fourth-order valence-electron chi connectivity index (χ4n) is 4.43. The van der Waals surface area contributed by atoms with E-state index in [9.17, 15) is 13.2 Å². The zero-order chi connectivity index (χ0) is 16.8. The van der Waals surface area contributed by atoms with Gasteiger partial charge in [-0.2, -0.15) is 4.31 Å². The quantitative estimate of drug-likeness (QED) is 0.581. The lowest BCUT2D eigenvalue weighted by atomic mass is 9.49. The van der Waals surface area contributed by atoms with Crippen LogP contribution in [0.25, 0.3) is 0 Å². The summed E-state index contributed by atoms with van der Waals surface area (Å²) in [5, 5.41) is 0. The summed E-state index contributed by atoms with van der Waals surface area (Å²) < 4.78 is 30.5. The van der Waals surface area contributed by atoms with E-state index in [2.05, 4.69) is 19.9 Å². The van der Waals surface area contributed by atoms with Gasteiger partial charge in [0.15, 0.2) is 0 Å². The molecule has 6 heteroatoms. The van der Waals surface area contributed by atoms with E-state index in [0.29, 0.717) is 30.9 Å². The van der Waals surface area contributed by atoms with Crippen LogP contribution in [0.1, 0.15) is 46.0 Å². The molecule has 23 heavy (non-hydrogen) atoms. The van der Waals surface area contributed by atoms with E-state index >= 15 is 0 Å². The third kappa shape index (κ3) is 3.07. The summed E-state index contributed by atoms with van der Waals surface area (Å²) in [4.78, 5) is 12.4. The maximum Gasteiger partial charge on any atom is 0.324 e. The van der Waals surface area contributed by atoms with E-state index in [1.807, 2.05) is 0 Å². The van der Waals surface area contributed by atoms with E-state index in [1.54, 1.807) is 0 Å². The summed E-state index contributed by atoms with van der Waals surface area (Å²) in [6, 6.07) is -0.648. The first-order valence-corrected chi connectivity index (χ1v) is 10.4. The minimum Gasteiger partial charge on any atom is -0.460 e. The van der Waals surface area contributed by atoms with Gasteiger partial charge in [-0.05, 0) is 54.9 Å². The summed E-state index contributed by atoms with van der Waals surface area (Å²) >= 11 is 0. The average molecular weight is 341 g/mol. The fourth-order valence-corrected chi connectivity index (χ4v) is 5.54. The van der Waals surface area contributed by atoms with Crippen molar-refractivity contribution in [2.75, 3.05) is 19.4 Å². The largest absolute Gasteiger partial charge is 0.460 e. The molecule has 2 bridgehead atoms. The highest BCUT2D eigenvalue weighted by Gasteiger charge is 2.51. The number of esters is 1. The third-order valence-corrected chi connectivity index (χ3v) is 7.40. The van der Waals surface area contributed by atoms with Gasteiger partial charge in [0, 0.05) is 6.54 Å². The molecule has 1 aliphatic heterocycles. The second-order valence-electron chi connectivity index (χ2n) is 7.81. The lowest BCUT2D eigenvalue weighted by molar-refractivity contribution is -0.149. The molecule has 2 fully saturated rings. The van der Waals surface area contributed by atoms with Crippen molar-refractivity contribution < 1.29 is 17.9 Å². The normalized spacial score (nSPS) is 33.5. The molecule has 5 nitrogen and oxygen atoms in total. The molecule has 0 spiro atoms. The number of fused-ring (bicyclic) bond motifs is 1. The second kappa shape index (κ2) is 5.88. The Morgan fingerprint density at radius 3 is 2.74 bits per heavy atom. The predicted molar refractivity (Wildman–Crippen MR) is 88.2 cm³/mol. The van der Waals surface area contributed by atoms with Crippen LogP contribution < -0.4 is 0 Å². The molecule has 4 rings (SSSR count). The Labute approximate surface area is 139 Å². The molecular weight excluding hydrogens is 314 g/mol. The van der Waals surface area contributed by atoms with Gasteiger partial charge in [0.05, 0.1) is 6.26 Å². The molecule has 1 saturated carbocycles. The Hall–Kier alpha value is -0.880. The Morgan fingerprint density at radius 2 is 2.13 bits per heavy atom. The predicted octanol–water partition coefficient (Wildman–Crippen LogP) is 2.34. The van der Waals surface area contributed by atoms with Gasteiger partial charge < -0.3 is 4.74 Å². The minimum absolute atomic E-state index is 0.306. The number of carbonyl (C=O) groups is 1. The molecule has 0 radical (unpaired) electrons. The van der Waals surface area contributed by atoms with Gasteiger partial charge in [0.1, 0.15) is 12.6 Å². The molecule has 1 heterocycles. The third-order valence-electron chi connectivity index (χ3n) is 6.12. The molecule has 0 aromatic heterocycles. The Kier molecular flexibility index (Phi) is 4.34. The van der Waals surface area contributed by atoms with Crippen LogP contribution >= 0.6 is 0 Å². The van der Waals surface area contributed by atoms with Gasteiger partial charge in [-0.3, -0.25) is 4.79 Å². The van der Waals surface area contributed by atoms with Gasteiger partial charge in [-0.15, -0.1) is 0 Å². The van der Waals surface area contributed by atoms with Crippen molar-refractivity contribution in [2.45, 2.75) is 52.0 Å². The van der Waals surface area contributed by atoms with Crippen LogP contribution in [0, 0.1) is 17.3 Å². The lowest BCUT2D eigenvalue weighted by Crippen LogP contribution is -2.50. The maximum atomic E-state index is 12.4. The SMILES string of the molecule is CC1(C)[C@H]2CC=C(COC(=O)[C@H]3CCCCN3S(C)(=O)=O)[C@@H]1C2. The minimum atomic E-state index is -3.37. The number of ether oxygens (including phenoxy) is 1. The molecule has 0 N–H and O–H groups in total. The number of piperidine rings is 1. The molecule has 4 aliphatic rings. The van der Waals surface area contributed by atoms with Gasteiger partial charge >= 0.3 is 5.97 Å². The summed E-state index contributed by atoms with van der Waals surface area (Å²) in [5.74, 6) is 0.868. The summed E-state index contributed by atoms with van der Waals surface area (Å²) in [6.45, 7) is 5.30. The van der Waals surface area contributed by atoms with Crippen LogP contribution in [0.5, 0.6) is 0 Å². The van der Waals surface area contributed by atoms with Crippen molar-refractivity contribution in [3.05, 3.63) is 11.6 Å². The molecule has 0 amide bonds. The average Bonchev–Trinajstić information content (AvgIpc) is 2.51. The second-order valence-corrected chi connectivity index (χ2v) is 9.75. The number of hydrogen-bond acceptors (Lipinski definition) is 4. The van der Waals surface area contributed by atoms with Crippen molar-refractivity contribution in [3.8, 4) is 0 Å². The van der Waals surface area contributed by atoms with Crippen molar-refractivity contribution in [3.63, 3.8) is 0 Å². The number of nitrogens with zero attached hydrogens (tertiary/aromatic N) is 1. The molecule has 130 valence electrons. The van der Waals surface area contributed by atoms with Crippen LogP contribution in [0.2, 0.25) is 0 Å². The summed E-state index contributed by atoms with van der Waals surface area (Å²) in [5.41, 5.74) is 1.52. The van der Waals surface area contributed by atoms with Crippen molar-refractivity contribution in [2.24, 2.45) is 17.3 Å². The first kappa shape index (κ1) is 17.0. The van der Waals surface area contributed by atoms with Crippen LogP contribution in [-0.4, -0.2) is 44.1 Å². The van der Waals surface area contributed by atoms with Crippen LogP contribution in [0.3, 0.4) is 0 Å². The highest BCUT2D eigenvalue weighted by Crippen LogP contribution is 2.59. The van der Waals surface area contributed by atoms with E-state index in [4.69, 9.17) is 4.74 Å². The Bertz CT molecular complexity index is 623. The van der Waals surface area contributed by atoms with E-state index in [-0.39, 0.29) is 0 Å². The topological polar surface area (TPSA) is 63.7 Å². The highest BCUT2D eigenvalue weighted by atomic mass is 32.2. The first-order valence-electron chi connectivity index (χ1n) is 8.53. The first-order chi connectivity index (χ1) is 10.7. The van der Waals surface area contributed by atoms with Crippen LogP contribution in [0.4, 0.5) is 0 Å². The molecule has 3 aliphatic carbocycles. The van der Waals surface area contributed by atoms with Crippen LogP contribution in [0.15, 0.2) is 11.6 Å². The maximum absolute atomic E-state index is 12.4. The van der Waals surface area contributed by atoms with Gasteiger partial charge in [-0.25, -0.2) is 8.42 Å². The van der Waals surface area contributed by atoms with Crippen molar-refractivity contribution in [1.29, 1.82) is 0 Å².